The molecule has 4 rings (SSSR count). The predicted molar refractivity (Wildman–Crippen MR) is 84.1 cm³/mol. The van der Waals surface area contributed by atoms with Crippen molar-refractivity contribution >= 4 is 17.3 Å². The number of carbonyl (C=O) groups is 2. The van der Waals surface area contributed by atoms with Crippen molar-refractivity contribution in [3.63, 3.8) is 0 Å². The van der Waals surface area contributed by atoms with E-state index in [1.54, 1.807) is 24.3 Å². The Kier molecular flexibility index (Phi) is 2.93. The minimum atomic E-state index is -0.499. The Bertz CT molecular complexity index is 962. The lowest BCUT2D eigenvalue weighted by atomic mass is 9.88. The summed E-state index contributed by atoms with van der Waals surface area (Å²) in [6.45, 7) is 0. The topological polar surface area (TPSA) is 90.4 Å². The number of nitrogens with zero attached hydrogens (tertiary/aromatic N) is 1. The molecule has 1 aliphatic carbocycles. The molecule has 24 heavy (non-hydrogen) atoms. The summed E-state index contributed by atoms with van der Waals surface area (Å²) in [5, 5.41) is 10.7. The van der Waals surface area contributed by atoms with Crippen LogP contribution in [-0.4, -0.2) is 16.5 Å². The molecule has 0 amide bonds. The van der Waals surface area contributed by atoms with E-state index in [0.29, 0.717) is 22.5 Å². The minimum Gasteiger partial charge on any atom is -0.452 e. The Balaban J connectivity index is 1.81. The Labute approximate surface area is 135 Å². The number of furan rings is 1. The van der Waals surface area contributed by atoms with Crippen LogP contribution in [-0.2, 0) is 0 Å². The van der Waals surface area contributed by atoms with Crippen molar-refractivity contribution in [2.75, 3.05) is 0 Å². The molecule has 0 unspecified atom stereocenters. The van der Waals surface area contributed by atoms with Crippen molar-refractivity contribution in [2.45, 2.75) is 0 Å². The summed E-state index contributed by atoms with van der Waals surface area (Å²) in [4.78, 5) is 35.3. The molecule has 6 nitrogen and oxygen atoms in total. The first-order chi connectivity index (χ1) is 11.6. The maximum atomic E-state index is 12.5. The van der Waals surface area contributed by atoms with Crippen LogP contribution < -0.4 is 0 Å². The highest BCUT2D eigenvalue weighted by Crippen LogP contribution is 2.33. The third-order valence-corrected chi connectivity index (χ3v) is 3.96. The molecular weight excluding hydrogens is 310 g/mol. The number of fused-ring (bicyclic) bond motifs is 2. The van der Waals surface area contributed by atoms with E-state index in [-0.39, 0.29) is 28.6 Å². The van der Waals surface area contributed by atoms with Crippen molar-refractivity contribution in [1.82, 2.24) is 0 Å². The minimum absolute atomic E-state index is 0.00653. The predicted octanol–water partition coefficient (Wildman–Crippen LogP) is 3.63. The summed E-state index contributed by atoms with van der Waals surface area (Å²) < 4.78 is 5.59. The Morgan fingerprint density at radius 3 is 2.08 bits per heavy atom. The van der Waals surface area contributed by atoms with Gasteiger partial charge in [-0.1, -0.05) is 24.3 Å². The number of hydrogen-bond donors (Lipinski definition) is 0. The van der Waals surface area contributed by atoms with Gasteiger partial charge in [0.1, 0.15) is 5.76 Å². The maximum absolute atomic E-state index is 12.5. The summed E-state index contributed by atoms with van der Waals surface area (Å²) >= 11 is 0. The smallest absolute Gasteiger partial charge is 0.269 e. The van der Waals surface area contributed by atoms with Crippen molar-refractivity contribution in [1.29, 1.82) is 0 Å². The van der Waals surface area contributed by atoms with Crippen LogP contribution in [0.25, 0.3) is 11.3 Å². The number of benzene rings is 2. The summed E-state index contributed by atoms with van der Waals surface area (Å²) in [5.74, 6) is -0.276. The van der Waals surface area contributed by atoms with Crippen molar-refractivity contribution in [3.05, 3.63) is 87.2 Å². The molecule has 1 aliphatic rings. The van der Waals surface area contributed by atoms with Crippen molar-refractivity contribution in [3.8, 4) is 11.3 Å². The van der Waals surface area contributed by atoms with Gasteiger partial charge in [0.25, 0.3) is 5.69 Å². The highest BCUT2D eigenvalue weighted by atomic mass is 16.6. The van der Waals surface area contributed by atoms with Gasteiger partial charge in [-0.05, 0) is 18.2 Å². The van der Waals surface area contributed by atoms with Crippen LogP contribution in [0.15, 0.2) is 59.0 Å². The molecule has 0 bridgehead atoms. The fourth-order valence-corrected chi connectivity index (χ4v) is 2.76. The fourth-order valence-electron chi connectivity index (χ4n) is 2.76. The highest BCUT2D eigenvalue weighted by molar-refractivity contribution is 6.27. The number of non-ortho nitro benzene ring substituents is 1. The Hall–Kier alpha value is -3.54. The van der Waals surface area contributed by atoms with Gasteiger partial charge in [0, 0.05) is 28.8 Å². The molecule has 6 heteroatoms. The first kappa shape index (κ1) is 14.1. The zero-order valence-electron chi connectivity index (χ0n) is 12.2. The van der Waals surface area contributed by atoms with E-state index in [0.717, 1.165) is 0 Å². The third-order valence-electron chi connectivity index (χ3n) is 3.96. The van der Waals surface area contributed by atoms with E-state index in [4.69, 9.17) is 4.42 Å². The molecule has 0 saturated heterocycles. The maximum Gasteiger partial charge on any atom is 0.269 e. The van der Waals surface area contributed by atoms with E-state index in [1.807, 2.05) is 0 Å². The number of carbonyl (C=O) groups excluding carboxylic acids is 2. The average Bonchev–Trinajstić information content (AvgIpc) is 3.05. The van der Waals surface area contributed by atoms with Gasteiger partial charge in [-0.15, -0.1) is 0 Å². The highest BCUT2D eigenvalue weighted by Gasteiger charge is 2.33. The first-order valence-corrected chi connectivity index (χ1v) is 7.13. The molecule has 3 aromatic rings. The second-order valence-corrected chi connectivity index (χ2v) is 5.36. The van der Waals surface area contributed by atoms with Gasteiger partial charge >= 0.3 is 0 Å². The van der Waals surface area contributed by atoms with E-state index < -0.39 is 4.92 Å². The van der Waals surface area contributed by atoms with Gasteiger partial charge in [-0.3, -0.25) is 19.7 Å². The lowest BCUT2D eigenvalue weighted by Gasteiger charge is -2.11. The molecular formula is C18H9NO5. The summed E-state index contributed by atoms with van der Waals surface area (Å²) in [6.07, 6.45) is 0. The Morgan fingerprint density at radius 2 is 1.46 bits per heavy atom. The summed E-state index contributed by atoms with van der Waals surface area (Å²) in [6, 6.07) is 13.8. The van der Waals surface area contributed by atoms with Crippen molar-refractivity contribution < 1.29 is 18.9 Å². The van der Waals surface area contributed by atoms with Crippen LogP contribution in [0.1, 0.15) is 32.0 Å². The number of rotatable bonds is 2. The lowest BCUT2D eigenvalue weighted by Crippen LogP contribution is -2.18. The quantitative estimate of drug-likeness (QED) is 0.415. The summed E-state index contributed by atoms with van der Waals surface area (Å²) in [5.41, 5.74) is 1.40. The largest absolute Gasteiger partial charge is 0.452 e. The van der Waals surface area contributed by atoms with Gasteiger partial charge in [-0.2, -0.15) is 0 Å². The van der Waals surface area contributed by atoms with Crippen LogP contribution in [0, 0.1) is 10.1 Å². The molecule has 0 saturated carbocycles. The molecule has 1 heterocycles. The van der Waals surface area contributed by atoms with Crippen LogP contribution in [0.3, 0.4) is 0 Å². The Morgan fingerprint density at radius 1 is 0.833 bits per heavy atom. The monoisotopic (exact) mass is 319 g/mol. The lowest BCUT2D eigenvalue weighted by molar-refractivity contribution is -0.384. The number of nitro groups is 1. The van der Waals surface area contributed by atoms with Gasteiger partial charge in [-0.25, -0.2) is 0 Å². The normalized spacial score (nSPS) is 12.7. The van der Waals surface area contributed by atoms with Gasteiger partial charge in [0.2, 0.25) is 5.78 Å². The average molecular weight is 319 g/mol. The molecule has 0 radical (unpaired) electrons. The van der Waals surface area contributed by atoms with Crippen LogP contribution in [0.5, 0.6) is 0 Å². The number of ketones is 2. The molecule has 0 fully saturated rings. The number of hydrogen-bond acceptors (Lipinski definition) is 5. The van der Waals surface area contributed by atoms with E-state index in [1.165, 1.54) is 30.3 Å². The first-order valence-electron chi connectivity index (χ1n) is 7.13. The van der Waals surface area contributed by atoms with E-state index >= 15 is 0 Å². The van der Waals surface area contributed by atoms with E-state index in [2.05, 4.69) is 0 Å². The molecule has 2 aromatic carbocycles. The van der Waals surface area contributed by atoms with Crippen LogP contribution in [0.4, 0.5) is 5.69 Å². The molecule has 0 N–H and O–H groups in total. The third kappa shape index (κ3) is 1.97. The van der Waals surface area contributed by atoms with Crippen molar-refractivity contribution in [2.24, 2.45) is 0 Å². The van der Waals surface area contributed by atoms with Crippen LogP contribution in [0.2, 0.25) is 0 Å². The zero-order valence-corrected chi connectivity index (χ0v) is 12.2. The SMILES string of the molecule is O=C1c2ccccc2C(=O)c2oc(-c3ccc([N+](=O)[O-])cc3)cc21. The molecule has 1 aromatic heterocycles. The van der Waals surface area contributed by atoms with E-state index in [9.17, 15) is 19.7 Å². The van der Waals surface area contributed by atoms with Gasteiger partial charge in [0.05, 0.1) is 10.5 Å². The number of nitro benzene ring substituents is 1. The standard InChI is InChI=1S/C18H9NO5/c20-16-12-3-1-2-4-13(12)17(21)18-14(16)9-15(24-18)10-5-7-11(8-6-10)19(22)23/h1-9H. The van der Waals surface area contributed by atoms with Gasteiger partial charge < -0.3 is 4.42 Å². The van der Waals surface area contributed by atoms with Gasteiger partial charge in [0.15, 0.2) is 11.5 Å². The summed E-state index contributed by atoms with van der Waals surface area (Å²) in [7, 11) is 0. The van der Waals surface area contributed by atoms with Crippen LogP contribution >= 0.6 is 0 Å². The zero-order chi connectivity index (χ0) is 16.8. The molecule has 0 atom stereocenters. The second-order valence-electron chi connectivity index (χ2n) is 5.36. The molecule has 0 aliphatic heterocycles. The molecule has 116 valence electrons. The molecule has 0 spiro atoms. The fraction of sp³-hybridized carbons (Fsp3) is 0. The second kappa shape index (κ2) is 4.99.